The molecule has 0 fully saturated rings. The Kier molecular flexibility index (Phi) is 1.74. The summed E-state index contributed by atoms with van der Waals surface area (Å²) in [5, 5.41) is 0.962. The zero-order chi connectivity index (χ0) is 8.39. The average molecular weight is 160 g/mol. The highest BCUT2D eigenvalue weighted by molar-refractivity contribution is 5.78. The van der Waals surface area contributed by atoms with Crippen molar-refractivity contribution in [2.45, 2.75) is 6.67 Å². The summed E-state index contributed by atoms with van der Waals surface area (Å²) in [6.07, 6.45) is 1.55. The van der Waals surface area contributed by atoms with Crippen LogP contribution in [-0.2, 0) is 6.67 Å². The summed E-state index contributed by atoms with van der Waals surface area (Å²) in [5.74, 6) is 0. The first-order chi connectivity index (χ1) is 5.90. The largest absolute Gasteiger partial charge is 0.256 e. The van der Waals surface area contributed by atoms with Gasteiger partial charge in [-0.25, -0.2) is 4.39 Å². The molecule has 0 unspecified atom stereocenters. The zero-order valence-corrected chi connectivity index (χ0v) is 6.42. The lowest BCUT2D eigenvalue weighted by Crippen LogP contribution is -1.82. The van der Waals surface area contributed by atoms with Crippen LogP contribution in [0.25, 0.3) is 10.9 Å². The van der Waals surface area contributed by atoms with Crippen LogP contribution < -0.4 is 0 Å². The molecule has 2 heteroatoms. The Morgan fingerprint density at radius 3 is 3.25 bits per heavy atom. The molecule has 2 aromatic rings. The fraction of sp³-hybridized carbons (Fsp3) is 0.100. The second-order valence-electron chi connectivity index (χ2n) is 2.60. The molecule has 0 aliphatic rings. The number of benzene rings is 1. The first-order valence-corrected chi connectivity index (χ1v) is 3.71. The summed E-state index contributed by atoms with van der Waals surface area (Å²) < 4.78 is 12.2. The normalized spacial score (nSPS) is 10.4. The first-order valence-electron chi connectivity index (χ1n) is 3.71. The monoisotopic (exact) mass is 160 g/mol. The van der Waals surface area contributed by atoms with Crippen LogP contribution in [0.1, 0.15) is 5.56 Å². The van der Waals surface area contributed by atoms with Crippen molar-refractivity contribution in [3.63, 3.8) is 0 Å². The van der Waals surface area contributed by atoms with Crippen LogP contribution in [0.4, 0.5) is 4.39 Å². The van der Waals surface area contributed by atoms with Crippen molar-refractivity contribution < 1.29 is 4.39 Å². The maximum absolute atomic E-state index is 12.2. The van der Waals surface area contributed by atoms with Gasteiger partial charge < -0.3 is 0 Å². The molecular formula is C10H7FN. The number of pyridine rings is 1. The highest BCUT2D eigenvalue weighted by atomic mass is 19.1. The van der Waals surface area contributed by atoms with Crippen molar-refractivity contribution in [1.82, 2.24) is 4.98 Å². The van der Waals surface area contributed by atoms with Crippen molar-refractivity contribution in [3.05, 3.63) is 42.1 Å². The summed E-state index contributed by atoms with van der Waals surface area (Å²) in [5.41, 5.74) is 1.48. The van der Waals surface area contributed by atoms with Gasteiger partial charge in [0.25, 0.3) is 0 Å². The molecule has 12 heavy (non-hydrogen) atoms. The summed E-state index contributed by atoms with van der Waals surface area (Å²) in [4.78, 5) is 4.08. The van der Waals surface area contributed by atoms with Crippen LogP contribution in [0, 0.1) is 6.07 Å². The number of alkyl halides is 1. The summed E-state index contributed by atoms with van der Waals surface area (Å²) in [7, 11) is 0. The minimum Gasteiger partial charge on any atom is -0.256 e. The van der Waals surface area contributed by atoms with Gasteiger partial charge >= 0.3 is 0 Å². The van der Waals surface area contributed by atoms with Crippen LogP contribution in [0.3, 0.4) is 0 Å². The Morgan fingerprint density at radius 1 is 1.50 bits per heavy atom. The molecule has 1 nitrogen and oxygen atoms in total. The molecule has 0 aliphatic heterocycles. The topological polar surface area (TPSA) is 12.9 Å². The molecule has 1 aromatic heterocycles. The molecule has 0 bridgehead atoms. The molecule has 0 atom stereocenters. The molecule has 59 valence electrons. The third-order valence-corrected chi connectivity index (χ3v) is 1.74. The van der Waals surface area contributed by atoms with Gasteiger partial charge in [0.2, 0.25) is 0 Å². The molecule has 0 amide bonds. The van der Waals surface area contributed by atoms with Crippen LogP contribution in [0.15, 0.2) is 30.5 Å². The van der Waals surface area contributed by atoms with E-state index in [-0.39, 0.29) is 0 Å². The highest BCUT2D eigenvalue weighted by Crippen LogP contribution is 2.12. The number of fused-ring (bicyclic) bond motifs is 1. The number of halogens is 1. The van der Waals surface area contributed by atoms with Gasteiger partial charge in [-0.15, -0.1) is 0 Å². The molecule has 0 saturated heterocycles. The lowest BCUT2D eigenvalue weighted by Gasteiger charge is -1.97. The van der Waals surface area contributed by atoms with Crippen molar-refractivity contribution in [2.24, 2.45) is 0 Å². The quantitative estimate of drug-likeness (QED) is 0.624. The molecule has 0 aliphatic carbocycles. The van der Waals surface area contributed by atoms with Crippen LogP contribution in [0.2, 0.25) is 0 Å². The van der Waals surface area contributed by atoms with Crippen molar-refractivity contribution in [2.75, 3.05) is 0 Å². The second-order valence-corrected chi connectivity index (χ2v) is 2.60. The van der Waals surface area contributed by atoms with E-state index >= 15 is 0 Å². The van der Waals surface area contributed by atoms with E-state index in [1.54, 1.807) is 24.4 Å². The number of rotatable bonds is 1. The van der Waals surface area contributed by atoms with Crippen LogP contribution in [0.5, 0.6) is 0 Å². The van der Waals surface area contributed by atoms with E-state index < -0.39 is 6.67 Å². The molecule has 1 radical (unpaired) electrons. The fourth-order valence-electron chi connectivity index (χ4n) is 1.13. The van der Waals surface area contributed by atoms with Gasteiger partial charge in [0.05, 0.1) is 5.52 Å². The Morgan fingerprint density at radius 2 is 2.42 bits per heavy atom. The van der Waals surface area contributed by atoms with Gasteiger partial charge in [-0.3, -0.25) is 4.98 Å². The highest BCUT2D eigenvalue weighted by Gasteiger charge is 1.95. The maximum atomic E-state index is 12.2. The number of hydrogen-bond acceptors (Lipinski definition) is 1. The lowest BCUT2D eigenvalue weighted by molar-refractivity contribution is 0.485. The Hall–Kier alpha value is -1.44. The standard InChI is InChI=1S/C10H7FN/c11-6-8-5-9-3-1-2-4-10(9)12-7-8/h1,3-5,7H,6H2. The zero-order valence-electron chi connectivity index (χ0n) is 6.42. The van der Waals surface area contributed by atoms with Crippen molar-refractivity contribution >= 4 is 10.9 Å². The smallest absolute Gasteiger partial charge is 0.116 e. The summed E-state index contributed by atoms with van der Waals surface area (Å²) >= 11 is 0. The Balaban J connectivity index is 2.67. The minimum absolute atomic E-state index is 0.457. The van der Waals surface area contributed by atoms with Crippen molar-refractivity contribution in [3.8, 4) is 0 Å². The van der Waals surface area contributed by atoms with E-state index in [4.69, 9.17) is 0 Å². The van der Waals surface area contributed by atoms with E-state index in [0.717, 1.165) is 10.9 Å². The number of aromatic nitrogens is 1. The Labute approximate surface area is 69.9 Å². The van der Waals surface area contributed by atoms with E-state index in [1.165, 1.54) is 0 Å². The molecule has 0 saturated carbocycles. The van der Waals surface area contributed by atoms with Crippen molar-refractivity contribution in [1.29, 1.82) is 0 Å². The van der Waals surface area contributed by atoms with E-state index in [2.05, 4.69) is 11.1 Å². The first kappa shape index (κ1) is 7.22. The van der Waals surface area contributed by atoms with E-state index in [1.807, 2.05) is 6.07 Å². The predicted molar refractivity (Wildman–Crippen MR) is 45.4 cm³/mol. The Bertz CT molecular complexity index is 398. The van der Waals surface area contributed by atoms with E-state index in [9.17, 15) is 4.39 Å². The van der Waals surface area contributed by atoms with Gasteiger partial charge in [0, 0.05) is 17.1 Å². The van der Waals surface area contributed by atoms with Crippen LogP contribution >= 0.6 is 0 Å². The van der Waals surface area contributed by atoms with E-state index in [0.29, 0.717) is 5.56 Å². The lowest BCUT2D eigenvalue weighted by atomic mass is 10.2. The van der Waals surface area contributed by atoms with Crippen LogP contribution in [-0.4, -0.2) is 4.98 Å². The second kappa shape index (κ2) is 2.89. The minimum atomic E-state index is -0.457. The molecule has 2 rings (SSSR count). The summed E-state index contributed by atoms with van der Waals surface area (Å²) in [6.45, 7) is -0.457. The molecule has 0 N–H and O–H groups in total. The van der Waals surface area contributed by atoms with Gasteiger partial charge in [-0.1, -0.05) is 12.1 Å². The third-order valence-electron chi connectivity index (χ3n) is 1.74. The molecule has 1 aromatic carbocycles. The van der Waals surface area contributed by atoms with Gasteiger partial charge in [0.1, 0.15) is 6.67 Å². The SMILES string of the molecule is FCc1cnc2c[c]ccc2c1. The maximum Gasteiger partial charge on any atom is 0.116 e. The molecular weight excluding hydrogens is 153 g/mol. The third kappa shape index (κ3) is 1.16. The predicted octanol–water partition coefficient (Wildman–Crippen LogP) is 2.50. The van der Waals surface area contributed by atoms with Gasteiger partial charge in [0.15, 0.2) is 0 Å². The fourth-order valence-corrected chi connectivity index (χ4v) is 1.13. The number of hydrogen-bond donors (Lipinski definition) is 0. The number of nitrogens with zero attached hydrogens (tertiary/aromatic N) is 1. The van der Waals surface area contributed by atoms with Gasteiger partial charge in [-0.2, -0.15) is 0 Å². The van der Waals surface area contributed by atoms with Gasteiger partial charge in [-0.05, 0) is 18.2 Å². The molecule has 0 spiro atoms. The average Bonchev–Trinajstić information content (AvgIpc) is 2.17. The summed E-state index contributed by atoms with van der Waals surface area (Å²) in [6, 6.07) is 10.2. The molecule has 1 heterocycles.